The van der Waals surface area contributed by atoms with E-state index >= 15 is 0 Å². The minimum Gasteiger partial charge on any atom is -0.478 e. The van der Waals surface area contributed by atoms with Crippen molar-refractivity contribution < 1.29 is 14.7 Å². The lowest BCUT2D eigenvalue weighted by atomic mass is 9.96. The molecule has 1 aromatic carbocycles. The van der Waals surface area contributed by atoms with Crippen LogP contribution in [0.4, 0.5) is 0 Å². The topological polar surface area (TPSA) is 70.5 Å². The molecular weight excluding hydrogens is 348 g/mol. The van der Waals surface area contributed by atoms with Gasteiger partial charge in [0.05, 0.1) is 27.2 Å². The van der Waals surface area contributed by atoms with Crippen LogP contribution in [0.5, 0.6) is 0 Å². The number of aromatic nitrogens is 1. The fourth-order valence-corrected chi connectivity index (χ4v) is 4.74. The Morgan fingerprint density at radius 2 is 2.12 bits per heavy atom. The van der Waals surface area contributed by atoms with E-state index in [0.717, 1.165) is 36.4 Å². The standard InChI is InChI=1S/C20H24N2O3S/c1-3-17-21-15-9-6-10-16(19(15)26-17)22(2)18(23)12-11-13-7-4-5-8-14(13)20(24)25/h4-5,7-8,16H,3,6,9-12H2,1-2H3,(H,24,25). The van der Waals surface area contributed by atoms with Crippen molar-refractivity contribution in [3.8, 4) is 0 Å². The highest BCUT2D eigenvalue weighted by Crippen LogP contribution is 2.37. The van der Waals surface area contributed by atoms with E-state index in [4.69, 9.17) is 4.98 Å². The van der Waals surface area contributed by atoms with Gasteiger partial charge < -0.3 is 10.0 Å². The van der Waals surface area contributed by atoms with Gasteiger partial charge in [-0.1, -0.05) is 25.1 Å². The number of amides is 1. The SMILES string of the molecule is CCc1nc2c(s1)C(N(C)C(=O)CCc1ccccc1C(=O)O)CCC2. The molecule has 3 rings (SSSR count). The van der Waals surface area contributed by atoms with Gasteiger partial charge in [-0.3, -0.25) is 4.79 Å². The van der Waals surface area contributed by atoms with E-state index in [1.165, 1.54) is 4.88 Å². The van der Waals surface area contributed by atoms with Crippen molar-refractivity contribution in [2.75, 3.05) is 7.05 Å². The third-order valence-corrected chi connectivity index (χ3v) is 6.33. The van der Waals surface area contributed by atoms with Crippen LogP contribution in [0.1, 0.15) is 63.7 Å². The number of carboxylic acids is 1. The molecule has 1 atom stereocenters. The van der Waals surface area contributed by atoms with Crippen LogP contribution < -0.4 is 0 Å². The molecule has 1 unspecified atom stereocenters. The zero-order valence-corrected chi connectivity index (χ0v) is 16.0. The van der Waals surface area contributed by atoms with Crippen molar-refractivity contribution in [2.24, 2.45) is 0 Å². The van der Waals surface area contributed by atoms with Gasteiger partial charge in [0.15, 0.2) is 0 Å². The van der Waals surface area contributed by atoms with Gasteiger partial charge >= 0.3 is 5.97 Å². The van der Waals surface area contributed by atoms with Crippen LogP contribution in [0.2, 0.25) is 0 Å². The van der Waals surface area contributed by atoms with Crippen LogP contribution in [0.25, 0.3) is 0 Å². The summed E-state index contributed by atoms with van der Waals surface area (Å²) < 4.78 is 0. The molecule has 26 heavy (non-hydrogen) atoms. The van der Waals surface area contributed by atoms with E-state index in [1.807, 2.05) is 18.0 Å². The summed E-state index contributed by atoms with van der Waals surface area (Å²) in [6.45, 7) is 2.11. The molecule has 138 valence electrons. The summed E-state index contributed by atoms with van der Waals surface area (Å²) in [5, 5.41) is 10.4. The lowest BCUT2D eigenvalue weighted by Gasteiger charge is -2.30. The Morgan fingerprint density at radius 3 is 2.85 bits per heavy atom. The Kier molecular flexibility index (Phi) is 5.71. The van der Waals surface area contributed by atoms with Crippen molar-refractivity contribution in [3.05, 3.63) is 51.0 Å². The molecule has 0 spiro atoms. The summed E-state index contributed by atoms with van der Waals surface area (Å²) in [6.07, 6.45) is 4.68. The molecule has 2 aromatic rings. The number of aryl methyl sites for hydroxylation is 3. The summed E-state index contributed by atoms with van der Waals surface area (Å²) in [5.74, 6) is -0.899. The van der Waals surface area contributed by atoms with E-state index in [1.54, 1.807) is 29.5 Å². The second kappa shape index (κ2) is 7.99. The maximum Gasteiger partial charge on any atom is 0.335 e. The lowest BCUT2D eigenvalue weighted by Crippen LogP contribution is -2.33. The number of aromatic carboxylic acids is 1. The highest BCUT2D eigenvalue weighted by atomic mass is 32.1. The average molecular weight is 372 g/mol. The van der Waals surface area contributed by atoms with Gasteiger partial charge in [-0.15, -0.1) is 11.3 Å². The maximum atomic E-state index is 12.7. The molecule has 1 amide bonds. The number of benzene rings is 1. The zero-order valence-electron chi connectivity index (χ0n) is 15.2. The zero-order chi connectivity index (χ0) is 18.7. The number of rotatable bonds is 6. The minimum atomic E-state index is -0.949. The summed E-state index contributed by atoms with van der Waals surface area (Å²) in [5.41, 5.74) is 2.13. The lowest BCUT2D eigenvalue weighted by molar-refractivity contribution is -0.132. The van der Waals surface area contributed by atoms with Crippen LogP contribution >= 0.6 is 11.3 Å². The van der Waals surface area contributed by atoms with Gasteiger partial charge in [-0.25, -0.2) is 9.78 Å². The van der Waals surface area contributed by atoms with Crippen LogP contribution in [-0.4, -0.2) is 33.9 Å². The van der Waals surface area contributed by atoms with E-state index in [0.29, 0.717) is 18.4 Å². The third kappa shape index (κ3) is 3.80. The molecule has 1 aliphatic rings. The number of fused-ring (bicyclic) bond motifs is 1. The molecule has 1 heterocycles. The number of thiazole rings is 1. The normalized spacial score (nSPS) is 16.2. The van der Waals surface area contributed by atoms with Gasteiger partial charge in [-0.05, 0) is 43.7 Å². The van der Waals surface area contributed by atoms with E-state index < -0.39 is 5.97 Å². The van der Waals surface area contributed by atoms with Crippen LogP contribution in [0.15, 0.2) is 24.3 Å². The third-order valence-electron chi connectivity index (χ3n) is 4.98. The van der Waals surface area contributed by atoms with Crippen LogP contribution in [-0.2, 0) is 24.1 Å². The maximum absolute atomic E-state index is 12.7. The summed E-state index contributed by atoms with van der Waals surface area (Å²) in [6, 6.07) is 6.99. The molecule has 0 aliphatic heterocycles. The fraction of sp³-hybridized carbons (Fsp3) is 0.450. The van der Waals surface area contributed by atoms with Crippen molar-refractivity contribution in [2.45, 2.75) is 51.5 Å². The minimum absolute atomic E-state index is 0.0505. The van der Waals surface area contributed by atoms with Gasteiger partial charge in [0.1, 0.15) is 0 Å². The molecule has 1 aliphatic carbocycles. The van der Waals surface area contributed by atoms with Crippen LogP contribution in [0, 0.1) is 0 Å². The Balaban J connectivity index is 1.70. The quantitative estimate of drug-likeness (QED) is 0.835. The molecule has 6 heteroatoms. The molecular formula is C20H24N2O3S. The number of hydrogen-bond acceptors (Lipinski definition) is 4. The monoisotopic (exact) mass is 372 g/mol. The molecule has 0 saturated heterocycles. The highest BCUT2D eigenvalue weighted by Gasteiger charge is 2.29. The number of carbonyl (C=O) groups excluding carboxylic acids is 1. The Labute approximate surface area is 157 Å². The van der Waals surface area contributed by atoms with Gasteiger partial charge in [-0.2, -0.15) is 0 Å². The number of carbonyl (C=O) groups is 2. The predicted molar refractivity (Wildman–Crippen MR) is 102 cm³/mol. The molecule has 0 fully saturated rings. The Hall–Kier alpha value is -2.21. The largest absolute Gasteiger partial charge is 0.478 e. The van der Waals surface area contributed by atoms with Gasteiger partial charge in [0, 0.05) is 13.5 Å². The summed E-state index contributed by atoms with van der Waals surface area (Å²) >= 11 is 1.73. The van der Waals surface area contributed by atoms with Crippen molar-refractivity contribution in [1.29, 1.82) is 0 Å². The van der Waals surface area contributed by atoms with Crippen LogP contribution in [0.3, 0.4) is 0 Å². The highest BCUT2D eigenvalue weighted by molar-refractivity contribution is 7.11. The first-order valence-corrected chi connectivity index (χ1v) is 9.88. The summed E-state index contributed by atoms with van der Waals surface area (Å²) in [7, 11) is 1.86. The smallest absolute Gasteiger partial charge is 0.335 e. The first kappa shape index (κ1) is 18.6. The predicted octanol–water partition coefficient (Wildman–Crippen LogP) is 3.87. The van der Waals surface area contributed by atoms with Gasteiger partial charge in [0.2, 0.25) is 5.91 Å². The van der Waals surface area contributed by atoms with Crippen molar-refractivity contribution >= 4 is 23.2 Å². The number of hydrogen-bond donors (Lipinski definition) is 1. The molecule has 1 aromatic heterocycles. The molecule has 0 saturated carbocycles. The first-order valence-electron chi connectivity index (χ1n) is 9.06. The fourth-order valence-electron chi connectivity index (χ4n) is 3.51. The second-order valence-electron chi connectivity index (χ2n) is 6.65. The molecule has 0 radical (unpaired) electrons. The first-order chi connectivity index (χ1) is 12.5. The number of carboxylic acid groups (broad SMARTS) is 1. The molecule has 5 nitrogen and oxygen atoms in total. The van der Waals surface area contributed by atoms with E-state index in [-0.39, 0.29) is 17.5 Å². The Bertz CT molecular complexity index is 815. The van der Waals surface area contributed by atoms with Crippen molar-refractivity contribution in [1.82, 2.24) is 9.88 Å². The Morgan fingerprint density at radius 1 is 1.35 bits per heavy atom. The number of nitrogens with zero attached hydrogens (tertiary/aromatic N) is 2. The molecule has 1 N–H and O–H groups in total. The average Bonchev–Trinajstić information content (AvgIpc) is 3.09. The van der Waals surface area contributed by atoms with Crippen molar-refractivity contribution in [3.63, 3.8) is 0 Å². The molecule has 0 bridgehead atoms. The van der Waals surface area contributed by atoms with E-state index in [2.05, 4.69) is 6.92 Å². The van der Waals surface area contributed by atoms with E-state index in [9.17, 15) is 14.7 Å². The van der Waals surface area contributed by atoms with Gasteiger partial charge in [0.25, 0.3) is 0 Å². The summed E-state index contributed by atoms with van der Waals surface area (Å²) in [4.78, 5) is 31.8. The second-order valence-corrected chi connectivity index (χ2v) is 7.76.